The Kier molecular flexibility index (Phi) is 5.83. The summed E-state index contributed by atoms with van der Waals surface area (Å²) in [6.45, 7) is 6.71. The number of hydrogen-bond donors (Lipinski definition) is 3. The van der Waals surface area contributed by atoms with Crippen LogP contribution in [0.15, 0.2) is 30.3 Å². The first-order chi connectivity index (χ1) is 8.87. The van der Waals surface area contributed by atoms with Crippen molar-refractivity contribution in [3.63, 3.8) is 0 Å². The molecule has 0 spiro atoms. The standard InChI is InChI=1S/C15H24N2O2/c1-15(2,3)9-13(18)10-17-14(19)11-16-12-7-5-4-6-8-12/h4-8,13,16,18H,9-11H2,1-3H3,(H,17,19). The van der Waals surface area contributed by atoms with Crippen LogP contribution in [0.4, 0.5) is 5.69 Å². The van der Waals surface area contributed by atoms with Gasteiger partial charge in [-0.15, -0.1) is 0 Å². The summed E-state index contributed by atoms with van der Waals surface area (Å²) in [6.07, 6.45) is 0.167. The van der Waals surface area contributed by atoms with Gasteiger partial charge in [-0.2, -0.15) is 0 Å². The highest BCUT2D eigenvalue weighted by Gasteiger charge is 2.16. The maximum Gasteiger partial charge on any atom is 0.239 e. The zero-order valence-electron chi connectivity index (χ0n) is 11.9. The van der Waals surface area contributed by atoms with Crippen molar-refractivity contribution in [2.24, 2.45) is 5.41 Å². The van der Waals surface area contributed by atoms with E-state index in [0.29, 0.717) is 13.0 Å². The average molecular weight is 264 g/mol. The molecule has 106 valence electrons. The molecule has 0 aliphatic heterocycles. The Morgan fingerprint density at radius 2 is 1.89 bits per heavy atom. The van der Waals surface area contributed by atoms with Crippen LogP contribution in [0.25, 0.3) is 0 Å². The molecule has 1 aromatic rings. The van der Waals surface area contributed by atoms with E-state index >= 15 is 0 Å². The number of carbonyl (C=O) groups excluding carboxylic acids is 1. The lowest BCUT2D eigenvalue weighted by molar-refractivity contribution is -0.119. The first-order valence-corrected chi connectivity index (χ1v) is 6.60. The van der Waals surface area contributed by atoms with Crippen molar-refractivity contribution in [2.45, 2.75) is 33.3 Å². The number of aliphatic hydroxyl groups excluding tert-OH is 1. The van der Waals surface area contributed by atoms with E-state index in [0.717, 1.165) is 5.69 Å². The van der Waals surface area contributed by atoms with Crippen LogP contribution in [-0.4, -0.2) is 30.2 Å². The number of nitrogens with one attached hydrogen (secondary N) is 2. The highest BCUT2D eigenvalue weighted by atomic mass is 16.3. The Hall–Kier alpha value is -1.55. The molecule has 0 aliphatic rings. The van der Waals surface area contributed by atoms with E-state index in [4.69, 9.17) is 0 Å². The minimum atomic E-state index is -0.499. The topological polar surface area (TPSA) is 61.4 Å². The molecule has 0 heterocycles. The fraction of sp³-hybridized carbons (Fsp3) is 0.533. The molecule has 19 heavy (non-hydrogen) atoms. The molecule has 4 nitrogen and oxygen atoms in total. The molecule has 1 atom stereocenters. The van der Waals surface area contributed by atoms with Gasteiger partial charge in [0.25, 0.3) is 0 Å². The summed E-state index contributed by atoms with van der Waals surface area (Å²) in [5, 5.41) is 15.5. The van der Waals surface area contributed by atoms with Gasteiger partial charge in [0.15, 0.2) is 0 Å². The summed E-state index contributed by atoms with van der Waals surface area (Å²) in [5.41, 5.74) is 0.972. The van der Waals surface area contributed by atoms with E-state index < -0.39 is 6.10 Å². The fourth-order valence-corrected chi connectivity index (χ4v) is 1.81. The van der Waals surface area contributed by atoms with Crippen molar-refractivity contribution in [3.8, 4) is 0 Å². The van der Waals surface area contributed by atoms with E-state index in [2.05, 4.69) is 31.4 Å². The maximum atomic E-state index is 11.6. The summed E-state index contributed by atoms with van der Waals surface area (Å²) in [4.78, 5) is 11.6. The van der Waals surface area contributed by atoms with Crippen molar-refractivity contribution in [1.29, 1.82) is 0 Å². The first-order valence-electron chi connectivity index (χ1n) is 6.60. The van der Waals surface area contributed by atoms with Crippen LogP contribution >= 0.6 is 0 Å². The lowest BCUT2D eigenvalue weighted by Gasteiger charge is -2.22. The summed E-state index contributed by atoms with van der Waals surface area (Å²) in [5.74, 6) is -0.114. The number of anilines is 1. The van der Waals surface area contributed by atoms with Crippen LogP contribution in [0.2, 0.25) is 0 Å². The van der Waals surface area contributed by atoms with Crippen molar-refractivity contribution in [1.82, 2.24) is 5.32 Å². The Morgan fingerprint density at radius 1 is 1.26 bits per heavy atom. The van der Waals surface area contributed by atoms with Gasteiger partial charge in [-0.05, 0) is 24.0 Å². The second kappa shape index (κ2) is 7.14. The summed E-state index contributed by atoms with van der Waals surface area (Å²) in [6, 6.07) is 9.55. The molecule has 0 saturated heterocycles. The van der Waals surface area contributed by atoms with Crippen molar-refractivity contribution in [3.05, 3.63) is 30.3 Å². The molecule has 0 aliphatic carbocycles. The summed E-state index contributed by atoms with van der Waals surface area (Å²) >= 11 is 0. The van der Waals surface area contributed by atoms with Gasteiger partial charge in [-0.1, -0.05) is 39.0 Å². The van der Waals surface area contributed by atoms with Gasteiger partial charge < -0.3 is 15.7 Å². The smallest absolute Gasteiger partial charge is 0.239 e. The molecule has 1 amide bonds. The third kappa shape index (κ3) is 7.47. The number of hydrogen-bond acceptors (Lipinski definition) is 3. The molecule has 0 aromatic heterocycles. The Bertz CT molecular complexity index is 385. The third-order valence-corrected chi connectivity index (χ3v) is 2.61. The van der Waals surface area contributed by atoms with E-state index in [1.807, 2.05) is 30.3 Å². The zero-order valence-corrected chi connectivity index (χ0v) is 11.9. The Balaban J connectivity index is 2.21. The monoisotopic (exact) mass is 264 g/mol. The first kappa shape index (κ1) is 15.5. The van der Waals surface area contributed by atoms with Gasteiger partial charge >= 0.3 is 0 Å². The van der Waals surface area contributed by atoms with Gasteiger partial charge in [0, 0.05) is 12.2 Å². The molecule has 1 aromatic carbocycles. The number of benzene rings is 1. The van der Waals surface area contributed by atoms with Gasteiger partial charge in [0.1, 0.15) is 0 Å². The van der Waals surface area contributed by atoms with Crippen LogP contribution in [0.3, 0.4) is 0 Å². The lowest BCUT2D eigenvalue weighted by Crippen LogP contribution is -2.37. The highest BCUT2D eigenvalue weighted by Crippen LogP contribution is 2.20. The summed E-state index contributed by atoms with van der Waals surface area (Å²) in [7, 11) is 0. The molecular formula is C15H24N2O2. The highest BCUT2D eigenvalue weighted by molar-refractivity contribution is 5.80. The maximum absolute atomic E-state index is 11.6. The molecule has 0 bridgehead atoms. The Morgan fingerprint density at radius 3 is 2.47 bits per heavy atom. The molecule has 1 unspecified atom stereocenters. The number of rotatable bonds is 6. The number of aliphatic hydroxyl groups is 1. The molecule has 0 fully saturated rings. The fourth-order valence-electron chi connectivity index (χ4n) is 1.81. The summed E-state index contributed by atoms with van der Waals surface area (Å²) < 4.78 is 0. The second-order valence-corrected chi connectivity index (χ2v) is 5.94. The quantitative estimate of drug-likeness (QED) is 0.736. The Labute approximate surface area is 115 Å². The normalized spacial score (nSPS) is 12.8. The van der Waals surface area contributed by atoms with Crippen LogP contribution in [0.5, 0.6) is 0 Å². The van der Waals surface area contributed by atoms with Gasteiger partial charge in [-0.3, -0.25) is 4.79 Å². The van der Waals surface area contributed by atoms with Crippen molar-refractivity contribution < 1.29 is 9.90 Å². The molecule has 1 rings (SSSR count). The van der Waals surface area contributed by atoms with Crippen LogP contribution in [0, 0.1) is 5.41 Å². The largest absolute Gasteiger partial charge is 0.391 e. The van der Waals surface area contributed by atoms with Crippen molar-refractivity contribution >= 4 is 11.6 Å². The van der Waals surface area contributed by atoms with Gasteiger partial charge in [0.2, 0.25) is 5.91 Å². The number of para-hydroxylation sites is 1. The molecule has 0 radical (unpaired) electrons. The van der Waals surface area contributed by atoms with E-state index in [-0.39, 0.29) is 17.9 Å². The second-order valence-electron chi connectivity index (χ2n) is 5.94. The van der Waals surface area contributed by atoms with Crippen LogP contribution in [-0.2, 0) is 4.79 Å². The lowest BCUT2D eigenvalue weighted by atomic mass is 9.89. The third-order valence-electron chi connectivity index (χ3n) is 2.61. The van der Waals surface area contributed by atoms with E-state index in [1.54, 1.807) is 0 Å². The minimum Gasteiger partial charge on any atom is -0.391 e. The SMILES string of the molecule is CC(C)(C)CC(O)CNC(=O)CNc1ccccc1. The number of amides is 1. The predicted octanol–water partition coefficient (Wildman–Crippen LogP) is 2.01. The average Bonchev–Trinajstić information content (AvgIpc) is 2.33. The molecule has 0 saturated carbocycles. The minimum absolute atomic E-state index is 0.0619. The van der Waals surface area contributed by atoms with E-state index in [1.165, 1.54) is 0 Å². The molecular weight excluding hydrogens is 240 g/mol. The number of carbonyl (C=O) groups is 1. The van der Waals surface area contributed by atoms with Crippen LogP contribution in [0.1, 0.15) is 27.2 Å². The van der Waals surface area contributed by atoms with Gasteiger partial charge in [-0.25, -0.2) is 0 Å². The predicted molar refractivity (Wildman–Crippen MR) is 78.0 cm³/mol. The zero-order chi connectivity index (χ0) is 14.3. The van der Waals surface area contributed by atoms with Crippen LogP contribution < -0.4 is 10.6 Å². The van der Waals surface area contributed by atoms with Crippen molar-refractivity contribution in [2.75, 3.05) is 18.4 Å². The molecule has 3 N–H and O–H groups in total. The molecule has 4 heteroatoms. The van der Waals surface area contributed by atoms with Gasteiger partial charge in [0.05, 0.1) is 12.6 Å². The van der Waals surface area contributed by atoms with E-state index in [9.17, 15) is 9.90 Å².